The standard InChI is InChI=1S/C20H24N4OS/c1-14(25)21-20-22-16(13-26-20)11-24-9-7-15(8-10-24)18-12-23(2)19-6-4-3-5-17(18)19/h3-6,12-13,15H,7-11H2,1-2H3,(H,21,22,25). The number of anilines is 1. The molecule has 0 spiro atoms. The number of hydrogen-bond donors (Lipinski definition) is 1. The third-order valence-corrected chi connectivity index (χ3v) is 5.98. The second-order valence-electron chi connectivity index (χ2n) is 7.09. The Balaban J connectivity index is 1.39. The van der Waals surface area contributed by atoms with Crippen LogP contribution in [0.4, 0.5) is 5.13 Å². The highest BCUT2D eigenvalue weighted by Crippen LogP contribution is 2.34. The molecule has 0 unspecified atom stereocenters. The highest BCUT2D eigenvalue weighted by Gasteiger charge is 2.23. The number of carbonyl (C=O) groups is 1. The van der Waals surface area contributed by atoms with Gasteiger partial charge in [-0.15, -0.1) is 11.3 Å². The molecule has 1 aliphatic rings. The predicted molar refractivity (Wildman–Crippen MR) is 107 cm³/mol. The molecule has 0 atom stereocenters. The number of rotatable bonds is 4. The van der Waals surface area contributed by atoms with Crippen molar-refractivity contribution in [1.82, 2.24) is 14.5 Å². The number of aryl methyl sites for hydroxylation is 1. The van der Waals surface area contributed by atoms with Crippen LogP contribution < -0.4 is 5.32 Å². The number of fused-ring (bicyclic) bond motifs is 1. The van der Waals surface area contributed by atoms with Crippen molar-refractivity contribution < 1.29 is 4.79 Å². The molecular weight excluding hydrogens is 344 g/mol. The molecule has 5 nitrogen and oxygen atoms in total. The molecule has 1 aliphatic heterocycles. The van der Waals surface area contributed by atoms with Crippen LogP contribution in [0.3, 0.4) is 0 Å². The topological polar surface area (TPSA) is 50.2 Å². The minimum atomic E-state index is -0.0678. The van der Waals surface area contributed by atoms with Crippen molar-refractivity contribution in [3.05, 3.63) is 47.1 Å². The van der Waals surface area contributed by atoms with Crippen molar-refractivity contribution in [3.8, 4) is 0 Å². The molecule has 3 aromatic rings. The zero-order valence-electron chi connectivity index (χ0n) is 15.2. The van der Waals surface area contributed by atoms with E-state index in [1.807, 2.05) is 5.38 Å². The van der Waals surface area contributed by atoms with Crippen molar-refractivity contribution in [3.63, 3.8) is 0 Å². The third kappa shape index (κ3) is 3.52. The summed E-state index contributed by atoms with van der Waals surface area (Å²) in [5, 5.41) is 6.89. The van der Waals surface area contributed by atoms with E-state index in [1.165, 1.54) is 47.6 Å². The number of likely N-dealkylation sites (tertiary alicyclic amines) is 1. The van der Waals surface area contributed by atoms with Gasteiger partial charge in [-0.1, -0.05) is 18.2 Å². The van der Waals surface area contributed by atoms with Gasteiger partial charge in [0.2, 0.25) is 5.91 Å². The molecule has 3 heterocycles. The van der Waals surface area contributed by atoms with E-state index in [0.29, 0.717) is 11.0 Å². The lowest BCUT2D eigenvalue weighted by molar-refractivity contribution is -0.114. The van der Waals surface area contributed by atoms with Gasteiger partial charge in [0.25, 0.3) is 0 Å². The molecule has 0 saturated carbocycles. The van der Waals surface area contributed by atoms with Gasteiger partial charge in [0.1, 0.15) is 0 Å². The second-order valence-corrected chi connectivity index (χ2v) is 7.95. The Morgan fingerprint density at radius 1 is 1.31 bits per heavy atom. The summed E-state index contributed by atoms with van der Waals surface area (Å²) in [4.78, 5) is 18.1. The van der Waals surface area contributed by atoms with Crippen LogP contribution in [0.2, 0.25) is 0 Å². The van der Waals surface area contributed by atoms with Gasteiger partial charge in [-0.3, -0.25) is 9.69 Å². The van der Waals surface area contributed by atoms with Crippen LogP contribution in [0, 0.1) is 0 Å². The lowest BCUT2D eigenvalue weighted by Gasteiger charge is -2.31. The molecule has 0 bridgehead atoms. The number of hydrogen-bond acceptors (Lipinski definition) is 4. The smallest absolute Gasteiger partial charge is 0.223 e. The molecule has 0 radical (unpaired) electrons. The maximum atomic E-state index is 11.1. The number of nitrogens with one attached hydrogen (secondary N) is 1. The molecule has 26 heavy (non-hydrogen) atoms. The van der Waals surface area contributed by atoms with Gasteiger partial charge in [0, 0.05) is 43.0 Å². The molecule has 1 amide bonds. The highest BCUT2D eigenvalue weighted by atomic mass is 32.1. The van der Waals surface area contributed by atoms with Crippen LogP contribution >= 0.6 is 11.3 Å². The number of thiazole rings is 1. The van der Waals surface area contributed by atoms with Crippen LogP contribution in [-0.2, 0) is 18.4 Å². The molecule has 4 rings (SSSR count). The maximum Gasteiger partial charge on any atom is 0.223 e. The summed E-state index contributed by atoms with van der Waals surface area (Å²) in [5.41, 5.74) is 3.85. The summed E-state index contributed by atoms with van der Waals surface area (Å²) in [5.74, 6) is 0.560. The monoisotopic (exact) mass is 368 g/mol. The summed E-state index contributed by atoms with van der Waals surface area (Å²) in [6, 6.07) is 8.69. The number of piperidine rings is 1. The molecule has 6 heteroatoms. The Kier molecular flexibility index (Phi) is 4.78. The molecule has 1 fully saturated rings. The fraction of sp³-hybridized carbons (Fsp3) is 0.400. The Bertz CT molecular complexity index is 921. The number of amides is 1. The number of para-hydroxylation sites is 1. The molecule has 136 valence electrons. The van der Waals surface area contributed by atoms with E-state index in [-0.39, 0.29) is 5.91 Å². The Labute approximate surface area is 157 Å². The normalized spacial score (nSPS) is 16.2. The summed E-state index contributed by atoms with van der Waals surface area (Å²) >= 11 is 1.50. The predicted octanol–water partition coefficient (Wildman–Crippen LogP) is 3.97. The molecule has 1 aromatic carbocycles. The number of nitrogens with zero attached hydrogens (tertiary/aromatic N) is 3. The SMILES string of the molecule is CC(=O)Nc1nc(CN2CCC(c3cn(C)c4ccccc34)CC2)cs1. The molecule has 0 aliphatic carbocycles. The van der Waals surface area contributed by atoms with E-state index in [2.05, 4.69) is 57.3 Å². The van der Waals surface area contributed by atoms with Gasteiger partial charge >= 0.3 is 0 Å². The van der Waals surface area contributed by atoms with Crippen LogP contribution in [0.15, 0.2) is 35.8 Å². The lowest BCUT2D eigenvalue weighted by Crippen LogP contribution is -2.32. The van der Waals surface area contributed by atoms with Crippen molar-refractivity contribution in [2.24, 2.45) is 7.05 Å². The van der Waals surface area contributed by atoms with E-state index in [1.54, 1.807) is 0 Å². The first kappa shape index (κ1) is 17.2. The Hall–Kier alpha value is -2.18. The molecule has 1 N–H and O–H groups in total. The van der Waals surface area contributed by atoms with E-state index in [9.17, 15) is 4.79 Å². The minimum Gasteiger partial charge on any atom is -0.350 e. The first-order valence-corrected chi connectivity index (χ1v) is 9.96. The minimum absolute atomic E-state index is 0.0678. The molecule has 2 aromatic heterocycles. The van der Waals surface area contributed by atoms with Crippen LogP contribution in [0.5, 0.6) is 0 Å². The number of aromatic nitrogens is 2. The average Bonchev–Trinajstić information content (AvgIpc) is 3.20. The molecular formula is C20H24N4OS. The second kappa shape index (κ2) is 7.21. The number of carbonyl (C=O) groups excluding carboxylic acids is 1. The van der Waals surface area contributed by atoms with E-state index >= 15 is 0 Å². The average molecular weight is 369 g/mol. The zero-order valence-corrected chi connectivity index (χ0v) is 16.1. The van der Waals surface area contributed by atoms with Crippen molar-refractivity contribution in [2.75, 3.05) is 18.4 Å². The Morgan fingerprint density at radius 2 is 2.08 bits per heavy atom. The van der Waals surface area contributed by atoms with E-state index in [4.69, 9.17) is 0 Å². The molecule has 1 saturated heterocycles. The Morgan fingerprint density at radius 3 is 2.85 bits per heavy atom. The fourth-order valence-corrected chi connectivity index (χ4v) is 4.66. The van der Waals surface area contributed by atoms with Gasteiger partial charge in [0.15, 0.2) is 5.13 Å². The fourth-order valence-electron chi connectivity index (χ4n) is 3.92. The first-order valence-electron chi connectivity index (χ1n) is 9.08. The largest absolute Gasteiger partial charge is 0.350 e. The third-order valence-electron chi connectivity index (χ3n) is 5.18. The first-order chi connectivity index (χ1) is 12.6. The number of benzene rings is 1. The van der Waals surface area contributed by atoms with Gasteiger partial charge in [0.05, 0.1) is 5.69 Å². The van der Waals surface area contributed by atoms with Crippen molar-refractivity contribution >= 4 is 33.3 Å². The lowest BCUT2D eigenvalue weighted by atomic mass is 9.89. The summed E-state index contributed by atoms with van der Waals surface area (Å²) < 4.78 is 2.25. The highest BCUT2D eigenvalue weighted by molar-refractivity contribution is 7.13. The van der Waals surface area contributed by atoms with Gasteiger partial charge < -0.3 is 9.88 Å². The van der Waals surface area contributed by atoms with Crippen LogP contribution in [-0.4, -0.2) is 33.4 Å². The van der Waals surface area contributed by atoms with Crippen LogP contribution in [0.1, 0.15) is 36.9 Å². The summed E-state index contributed by atoms with van der Waals surface area (Å²) in [6.45, 7) is 4.54. The zero-order chi connectivity index (χ0) is 18.1. The van der Waals surface area contributed by atoms with Crippen molar-refractivity contribution in [1.29, 1.82) is 0 Å². The maximum absolute atomic E-state index is 11.1. The van der Waals surface area contributed by atoms with Gasteiger partial charge in [-0.25, -0.2) is 4.98 Å². The van der Waals surface area contributed by atoms with Gasteiger partial charge in [-0.2, -0.15) is 0 Å². The van der Waals surface area contributed by atoms with Gasteiger partial charge in [-0.05, 0) is 43.5 Å². The van der Waals surface area contributed by atoms with Crippen LogP contribution in [0.25, 0.3) is 10.9 Å². The van der Waals surface area contributed by atoms with E-state index in [0.717, 1.165) is 25.3 Å². The summed E-state index contributed by atoms with van der Waals surface area (Å²) in [7, 11) is 2.13. The quantitative estimate of drug-likeness (QED) is 0.758. The van der Waals surface area contributed by atoms with Crippen molar-refractivity contribution in [2.45, 2.75) is 32.2 Å². The van der Waals surface area contributed by atoms with E-state index < -0.39 is 0 Å². The summed E-state index contributed by atoms with van der Waals surface area (Å²) in [6.07, 6.45) is 4.67.